The molecule has 0 radical (unpaired) electrons. The zero-order valence-corrected chi connectivity index (χ0v) is 18.9. The Hall–Kier alpha value is -2.51. The number of aromatic nitrogens is 2. The lowest BCUT2D eigenvalue weighted by Crippen LogP contribution is -2.43. The molecule has 2 aromatic rings. The quantitative estimate of drug-likeness (QED) is 0.719. The average molecular weight is 452 g/mol. The molecule has 1 aliphatic heterocycles. The van der Waals surface area contributed by atoms with E-state index in [4.69, 9.17) is 27.9 Å². The van der Waals surface area contributed by atoms with Gasteiger partial charge in [-0.25, -0.2) is 9.59 Å². The molecule has 1 aromatic carbocycles. The second kappa shape index (κ2) is 8.32. The number of benzene rings is 1. The SMILES string of the molecule is CC1=C(C(=O)OCC(C)C)C(c2ccc(Cl)c(Cl)c2)c2c(n(C)c(=O)n(C)c2=O)N1. The summed E-state index contributed by atoms with van der Waals surface area (Å²) in [7, 11) is 2.97. The Morgan fingerprint density at radius 2 is 1.83 bits per heavy atom. The van der Waals surface area contributed by atoms with Crippen molar-refractivity contribution in [1.82, 2.24) is 9.13 Å². The van der Waals surface area contributed by atoms with Crippen LogP contribution in [0.15, 0.2) is 39.1 Å². The highest BCUT2D eigenvalue weighted by Gasteiger charge is 2.37. The van der Waals surface area contributed by atoms with E-state index in [1.54, 1.807) is 32.2 Å². The normalized spacial score (nSPS) is 15.8. The number of hydrogen-bond acceptors (Lipinski definition) is 5. The third kappa shape index (κ3) is 3.79. The third-order valence-corrected chi connectivity index (χ3v) is 5.77. The maximum absolute atomic E-state index is 13.1. The maximum Gasteiger partial charge on any atom is 0.336 e. The second-order valence-corrected chi connectivity index (χ2v) is 8.54. The molecule has 1 N–H and O–H groups in total. The van der Waals surface area contributed by atoms with E-state index < -0.39 is 23.1 Å². The van der Waals surface area contributed by atoms with E-state index in [2.05, 4.69) is 5.32 Å². The van der Waals surface area contributed by atoms with Crippen LogP contribution in [0.5, 0.6) is 0 Å². The van der Waals surface area contributed by atoms with Crippen molar-refractivity contribution in [2.24, 2.45) is 20.0 Å². The number of nitrogens with zero attached hydrogens (tertiary/aromatic N) is 2. The number of fused-ring (bicyclic) bond motifs is 1. The lowest BCUT2D eigenvalue weighted by atomic mass is 9.82. The van der Waals surface area contributed by atoms with Crippen LogP contribution in [-0.2, 0) is 23.6 Å². The first-order valence-electron chi connectivity index (χ1n) is 9.44. The van der Waals surface area contributed by atoms with Crippen LogP contribution in [0.2, 0.25) is 10.0 Å². The number of ether oxygens (including phenoxy) is 1. The van der Waals surface area contributed by atoms with E-state index in [0.717, 1.165) is 4.57 Å². The molecule has 7 nitrogen and oxygen atoms in total. The molecule has 0 amide bonds. The van der Waals surface area contributed by atoms with E-state index in [9.17, 15) is 14.4 Å². The molecule has 0 aliphatic carbocycles. The van der Waals surface area contributed by atoms with Crippen molar-refractivity contribution in [3.8, 4) is 0 Å². The standard InChI is InChI=1S/C21H23Cl2N3O4/c1-10(2)9-30-20(28)15-11(3)24-18-17(19(27)26(5)21(29)25(18)4)16(15)12-6-7-13(22)14(23)8-12/h6-8,10,16,24H,9H2,1-5H3. The molecule has 1 aromatic heterocycles. The van der Waals surface area contributed by atoms with Crippen LogP contribution in [-0.4, -0.2) is 21.7 Å². The third-order valence-electron chi connectivity index (χ3n) is 5.03. The molecule has 160 valence electrons. The molecule has 1 atom stereocenters. The molecule has 0 saturated carbocycles. The highest BCUT2D eigenvalue weighted by atomic mass is 35.5. The smallest absolute Gasteiger partial charge is 0.336 e. The number of allylic oxidation sites excluding steroid dienone is 1. The van der Waals surface area contributed by atoms with Gasteiger partial charge < -0.3 is 10.1 Å². The Morgan fingerprint density at radius 1 is 1.17 bits per heavy atom. The van der Waals surface area contributed by atoms with Crippen LogP contribution in [0.25, 0.3) is 0 Å². The van der Waals surface area contributed by atoms with Gasteiger partial charge in [0, 0.05) is 19.8 Å². The summed E-state index contributed by atoms with van der Waals surface area (Å²) in [5, 5.41) is 3.70. The Morgan fingerprint density at radius 3 is 2.43 bits per heavy atom. The zero-order valence-electron chi connectivity index (χ0n) is 17.4. The van der Waals surface area contributed by atoms with Crippen molar-refractivity contribution < 1.29 is 9.53 Å². The molecule has 30 heavy (non-hydrogen) atoms. The van der Waals surface area contributed by atoms with Gasteiger partial charge in [-0.1, -0.05) is 43.1 Å². The minimum absolute atomic E-state index is 0.149. The Kier molecular flexibility index (Phi) is 6.15. The van der Waals surface area contributed by atoms with Gasteiger partial charge in [0.1, 0.15) is 5.82 Å². The molecule has 0 saturated heterocycles. The van der Waals surface area contributed by atoms with E-state index in [1.165, 1.54) is 11.6 Å². The summed E-state index contributed by atoms with van der Waals surface area (Å²) in [4.78, 5) is 38.6. The Labute approximate surface area is 183 Å². The molecular weight excluding hydrogens is 429 g/mol. The van der Waals surface area contributed by atoms with E-state index in [1.807, 2.05) is 13.8 Å². The number of hydrogen-bond donors (Lipinski definition) is 1. The predicted molar refractivity (Wildman–Crippen MR) is 117 cm³/mol. The summed E-state index contributed by atoms with van der Waals surface area (Å²) in [5.74, 6) is -0.833. The van der Waals surface area contributed by atoms with Crippen molar-refractivity contribution in [2.75, 3.05) is 11.9 Å². The van der Waals surface area contributed by atoms with Gasteiger partial charge in [-0.3, -0.25) is 13.9 Å². The second-order valence-electron chi connectivity index (χ2n) is 7.73. The topological polar surface area (TPSA) is 82.3 Å². The summed E-state index contributed by atoms with van der Waals surface area (Å²) in [6.45, 7) is 5.82. The fraction of sp³-hybridized carbons (Fsp3) is 0.381. The highest BCUT2D eigenvalue weighted by molar-refractivity contribution is 6.42. The van der Waals surface area contributed by atoms with E-state index >= 15 is 0 Å². The summed E-state index contributed by atoms with van der Waals surface area (Å²) < 4.78 is 7.85. The van der Waals surface area contributed by atoms with Crippen molar-refractivity contribution in [3.05, 3.63) is 71.5 Å². The fourth-order valence-electron chi connectivity index (χ4n) is 3.50. The van der Waals surface area contributed by atoms with E-state index in [0.29, 0.717) is 27.1 Å². The summed E-state index contributed by atoms with van der Waals surface area (Å²) in [5.41, 5.74) is 0.669. The van der Waals surface area contributed by atoms with Crippen molar-refractivity contribution in [1.29, 1.82) is 0 Å². The van der Waals surface area contributed by atoms with Gasteiger partial charge in [0.2, 0.25) is 0 Å². The molecule has 0 bridgehead atoms. The minimum Gasteiger partial charge on any atom is -0.462 e. The molecule has 3 rings (SSSR count). The number of carbonyl (C=O) groups is 1. The summed E-state index contributed by atoms with van der Waals surface area (Å²) in [6, 6.07) is 4.94. The van der Waals surface area contributed by atoms with Crippen molar-refractivity contribution in [3.63, 3.8) is 0 Å². The maximum atomic E-state index is 13.1. The molecular formula is C21H23Cl2N3O4. The lowest BCUT2D eigenvalue weighted by molar-refractivity contribution is -0.140. The van der Waals surface area contributed by atoms with Crippen LogP contribution >= 0.6 is 23.2 Å². The number of nitrogens with one attached hydrogen (secondary N) is 1. The number of carbonyl (C=O) groups excluding carboxylic acids is 1. The number of esters is 1. The first kappa shape index (κ1) is 22.2. The fourth-order valence-corrected chi connectivity index (χ4v) is 3.81. The molecule has 1 aliphatic rings. The van der Waals surface area contributed by atoms with Crippen LogP contribution in [0, 0.1) is 5.92 Å². The number of rotatable bonds is 4. The van der Waals surface area contributed by atoms with Crippen LogP contribution in [0.3, 0.4) is 0 Å². The van der Waals surface area contributed by atoms with Crippen LogP contribution < -0.4 is 16.6 Å². The van der Waals surface area contributed by atoms with Gasteiger partial charge >= 0.3 is 11.7 Å². The molecule has 1 unspecified atom stereocenters. The minimum atomic E-state index is -0.777. The Bertz CT molecular complexity index is 1180. The molecule has 9 heteroatoms. The van der Waals surface area contributed by atoms with E-state index in [-0.39, 0.29) is 23.7 Å². The van der Waals surface area contributed by atoms with Crippen molar-refractivity contribution in [2.45, 2.75) is 26.7 Å². The Balaban J connectivity index is 2.31. The van der Waals surface area contributed by atoms with Gasteiger partial charge in [0.05, 0.1) is 33.7 Å². The van der Waals surface area contributed by atoms with Gasteiger partial charge in [0.15, 0.2) is 0 Å². The predicted octanol–water partition coefficient (Wildman–Crippen LogP) is 3.42. The van der Waals surface area contributed by atoms with Crippen molar-refractivity contribution >= 4 is 35.0 Å². The first-order chi connectivity index (χ1) is 14.0. The lowest BCUT2D eigenvalue weighted by Gasteiger charge is -2.31. The van der Waals surface area contributed by atoms with Gasteiger partial charge in [-0.05, 0) is 30.5 Å². The first-order valence-corrected chi connectivity index (χ1v) is 10.2. The summed E-state index contributed by atoms with van der Waals surface area (Å²) in [6.07, 6.45) is 0. The monoisotopic (exact) mass is 451 g/mol. The average Bonchev–Trinajstić information content (AvgIpc) is 2.70. The highest BCUT2D eigenvalue weighted by Crippen LogP contribution is 2.41. The zero-order chi connectivity index (χ0) is 22.3. The van der Waals surface area contributed by atoms with Gasteiger partial charge in [-0.15, -0.1) is 0 Å². The van der Waals surface area contributed by atoms with Crippen LogP contribution in [0.1, 0.15) is 37.8 Å². The largest absolute Gasteiger partial charge is 0.462 e. The van der Waals surface area contributed by atoms with Gasteiger partial charge in [0.25, 0.3) is 5.56 Å². The number of anilines is 1. The molecule has 0 fully saturated rings. The number of halogens is 2. The molecule has 2 heterocycles. The summed E-state index contributed by atoms with van der Waals surface area (Å²) >= 11 is 12.3. The van der Waals surface area contributed by atoms with Gasteiger partial charge in [-0.2, -0.15) is 0 Å². The molecule has 0 spiro atoms. The van der Waals surface area contributed by atoms with Crippen LogP contribution in [0.4, 0.5) is 5.82 Å².